The van der Waals surface area contributed by atoms with E-state index in [1.54, 1.807) is 11.1 Å². The maximum atomic E-state index is 8.97. The van der Waals surface area contributed by atoms with Crippen LogP contribution in [0.15, 0.2) is 29.8 Å². The van der Waals surface area contributed by atoms with Crippen molar-refractivity contribution >= 4 is 0 Å². The van der Waals surface area contributed by atoms with Crippen molar-refractivity contribution in [2.75, 3.05) is 26.4 Å². The van der Waals surface area contributed by atoms with Crippen molar-refractivity contribution in [1.29, 1.82) is 0 Å². The number of benzene rings is 1. The molecule has 5 rings (SSSR count). The van der Waals surface area contributed by atoms with Crippen molar-refractivity contribution in [3.8, 4) is 5.75 Å². The molecule has 1 N–H and O–H groups in total. The molecule has 1 heterocycles. The van der Waals surface area contributed by atoms with Gasteiger partial charge in [0.05, 0.1) is 26.4 Å². The predicted octanol–water partition coefficient (Wildman–Crippen LogP) is 5.63. The Labute approximate surface area is 193 Å². The first-order valence-corrected chi connectivity index (χ1v) is 12.9. The Bertz CT molecular complexity index is 827. The average Bonchev–Trinajstić information content (AvgIpc) is 3.13. The molecule has 0 radical (unpaired) electrons. The van der Waals surface area contributed by atoms with E-state index in [-0.39, 0.29) is 12.9 Å². The highest BCUT2D eigenvalue weighted by molar-refractivity contribution is 5.42. The molecule has 2 unspecified atom stereocenters. The van der Waals surface area contributed by atoms with Gasteiger partial charge in [0, 0.05) is 6.42 Å². The van der Waals surface area contributed by atoms with Gasteiger partial charge >= 0.3 is 0 Å². The normalized spacial score (nSPS) is 37.6. The van der Waals surface area contributed by atoms with E-state index in [2.05, 4.69) is 38.1 Å². The summed E-state index contributed by atoms with van der Waals surface area (Å²) in [5.41, 5.74) is 5.00. The fraction of sp³-hybridized carbons (Fsp3) is 0.714. The lowest BCUT2D eigenvalue weighted by atomic mass is 9.52. The first-order chi connectivity index (χ1) is 15.6. The second-order valence-corrected chi connectivity index (χ2v) is 10.8. The molecule has 0 spiro atoms. The summed E-state index contributed by atoms with van der Waals surface area (Å²) in [7, 11) is 0. The van der Waals surface area contributed by atoms with E-state index in [1.807, 2.05) is 0 Å². The maximum absolute atomic E-state index is 8.97. The molecular formula is C28H40O4. The van der Waals surface area contributed by atoms with E-state index in [0.717, 1.165) is 43.5 Å². The smallest absolute Gasteiger partial charge is 0.199 e. The van der Waals surface area contributed by atoms with Gasteiger partial charge in [-0.1, -0.05) is 31.6 Å². The largest absolute Gasteiger partial charge is 0.465 e. The molecule has 0 aromatic heterocycles. The predicted molar refractivity (Wildman–Crippen MR) is 126 cm³/mol. The summed E-state index contributed by atoms with van der Waals surface area (Å²) >= 11 is 0. The molecule has 6 atom stereocenters. The van der Waals surface area contributed by atoms with Crippen molar-refractivity contribution in [2.45, 2.75) is 77.4 Å². The van der Waals surface area contributed by atoms with Crippen molar-refractivity contribution in [3.63, 3.8) is 0 Å². The Hall–Kier alpha value is -1.36. The molecule has 4 nitrogen and oxygen atoms in total. The summed E-state index contributed by atoms with van der Waals surface area (Å²) < 4.78 is 17.5. The van der Waals surface area contributed by atoms with Crippen LogP contribution >= 0.6 is 0 Å². The van der Waals surface area contributed by atoms with E-state index in [1.165, 1.54) is 37.7 Å². The van der Waals surface area contributed by atoms with E-state index in [4.69, 9.17) is 19.3 Å². The van der Waals surface area contributed by atoms with Gasteiger partial charge in [0.25, 0.3) is 0 Å². The Morgan fingerprint density at radius 2 is 2.12 bits per heavy atom. The molecular weight excluding hydrogens is 400 g/mol. The molecule has 1 aliphatic heterocycles. The van der Waals surface area contributed by atoms with Gasteiger partial charge in [-0.25, -0.2) is 0 Å². The van der Waals surface area contributed by atoms with E-state index >= 15 is 0 Å². The molecule has 4 aliphatic rings. The molecule has 3 aliphatic carbocycles. The van der Waals surface area contributed by atoms with Crippen molar-refractivity contribution in [1.82, 2.24) is 0 Å². The molecule has 4 heteroatoms. The van der Waals surface area contributed by atoms with Crippen LogP contribution in [-0.2, 0) is 15.9 Å². The van der Waals surface area contributed by atoms with E-state index in [9.17, 15) is 0 Å². The second-order valence-electron chi connectivity index (χ2n) is 10.8. The third-order valence-corrected chi connectivity index (χ3v) is 8.98. The van der Waals surface area contributed by atoms with Gasteiger partial charge in [-0.2, -0.15) is 0 Å². The first-order valence-electron chi connectivity index (χ1n) is 12.9. The highest BCUT2D eigenvalue weighted by atomic mass is 16.7. The number of hydrogen-bond donors (Lipinski definition) is 1. The van der Waals surface area contributed by atoms with Gasteiger partial charge < -0.3 is 19.3 Å². The van der Waals surface area contributed by atoms with Gasteiger partial charge in [-0.05, 0) is 97.3 Å². The number of ether oxygens (including phenoxy) is 3. The fourth-order valence-corrected chi connectivity index (χ4v) is 7.48. The van der Waals surface area contributed by atoms with Crippen LogP contribution in [0, 0.1) is 23.2 Å². The lowest BCUT2D eigenvalue weighted by molar-refractivity contribution is -0.105. The lowest BCUT2D eigenvalue weighted by Gasteiger charge is -2.52. The number of fused-ring (bicyclic) bond motifs is 5. The van der Waals surface area contributed by atoms with E-state index in [0.29, 0.717) is 30.5 Å². The Morgan fingerprint density at radius 3 is 2.94 bits per heavy atom. The number of aliphatic hydroxyl groups is 1. The van der Waals surface area contributed by atoms with Crippen LogP contribution in [0.4, 0.5) is 0 Å². The van der Waals surface area contributed by atoms with Gasteiger partial charge in [-0.15, -0.1) is 0 Å². The summed E-state index contributed by atoms with van der Waals surface area (Å²) in [6.45, 7) is 6.99. The quantitative estimate of drug-likeness (QED) is 0.460. The average molecular weight is 441 g/mol. The third kappa shape index (κ3) is 4.15. The zero-order valence-corrected chi connectivity index (χ0v) is 19.9. The van der Waals surface area contributed by atoms with E-state index < -0.39 is 0 Å². The summed E-state index contributed by atoms with van der Waals surface area (Å²) in [5, 5.41) is 8.97. The molecule has 176 valence electrons. The SMILES string of the molecule is CC1Cc2cc(OC3CCCCO3)ccc2[C@H]2CC[C@]3(C)C(=CCOCCO)CC[C@H]3[C@H]12. The number of hydrogen-bond acceptors (Lipinski definition) is 4. The van der Waals surface area contributed by atoms with Crippen LogP contribution in [0.5, 0.6) is 5.75 Å². The topological polar surface area (TPSA) is 47.9 Å². The molecule has 2 saturated carbocycles. The Morgan fingerprint density at radius 1 is 1.22 bits per heavy atom. The summed E-state index contributed by atoms with van der Waals surface area (Å²) in [5.74, 6) is 3.88. The summed E-state index contributed by atoms with van der Waals surface area (Å²) in [6.07, 6.45) is 11.8. The number of aliphatic hydroxyl groups excluding tert-OH is 1. The standard InChI is InChI=1S/C28H40O4/c1-19-17-20-18-22(32-26-5-3-4-14-31-26)7-8-23(20)24-10-12-28(2)21(11-15-30-16-13-29)6-9-25(28)27(19)24/h7-8,11,18-19,24-27,29H,3-6,9-10,12-17H2,1-2H3/t19?,24-,25+,26?,27-,28-/m1/s1. The molecule has 1 aromatic rings. The zero-order chi connectivity index (χ0) is 22.1. The van der Waals surface area contributed by atoms with Crippen molar-refractivity contribution in [2.24, 2.45) is 23.2 Å². The fourth-order valence-electron chi connectivity index (χ4n) is 7.48. The first kappa shape index (κ1) is 22.4. The van der Waals surface area contributed by atoms with Gasteiger partial charge in [0.1, 0.15) is 5.75 Å². The van der Waals surface area contributed by atoms with Crippen LogP contribution in [0.2, 0.25) is 0 Å². The number of allylic oxidation sites excluding steroid dienone is 1. The molecule has 3 fully saturated rings. The third-order valence-electron chi connectivity index (χ3n) is 8.98. The molecule has 32 heavy (non-hydrogen) atoms. The van der Waals surface area contributed by atoms with Gasteiger partial charge in [-0.3, -0.25) is 0 Å². The summed E-state index contributed by atoms with van der Waals surface area (Å²) in [4.78, 5) is 0. The van der Waals surface area contributed by atoms with Crippen LogP contribution in [0.1, 0.15) is 75.8 Å². The highest BCUT2D eigenvalue weighted by Gasteiger charge is 2.54. The zero-order valence-electron chi connectivity index (χ0n) is 19.9. The monoisotopic (exact) mass is 440 g/mol. The maximum Gasteiger partial charge on any atom is 0.199 e. The van der Waals surface area contributed by atoms with Crippen molar-refractivity contribution in [3.05, 3.63) is 41.0 Å². The van der Waals surface area contributed by atoms with Crippen LogP contribution in [0.3, 0.4) is 0 Å². The second kappa shape index (κ2) is 9.48. The number of rotatable bonds is 6. The Balaban J connectivity index is 1.33. The molecule has 0 bridgehead atoms. The van der Waals surface area contributed by atoms with Crippen LogP contribution in [0.25, 0.3) is 0 Å². The van der Waals surface area contributed by atoms with Gasteiger partial charge in [0.15, 0.2) is 6.29 Å². The minimum absolute atomic E-state index is 0.0731. The Kier molecular flexibility index (Phi) is 6.65. The lowest BCUT2D eigenvalue weighted by Crippen LogP contribution is -2.43. The van der Waals surface area contributed by atoms with Gasteiger partial charge in [0.2, 0.25) is 0 Å². The minimum Gasteiger partial charge on any atom is -0.465 e. The molecule has 1 aromatic carbocycles. The van der Waals surface area contributed by atoms with Crippen LogP contribution < -0.4 is 4.74 Å². The highest BCUT2D eigenvalue weighted by Crippen LogP contribution is 2.63. The summed E-state index contributed by atoms with van der Waals surface area (Å²) in [6, 6.07) is 6.87. The van der Waals surface area contributed by atoms with Crippen molar-refractivity contribution < 1.29 is 19.3 Å². The minimum atomic E-state index is -0.0731. The molecule has 1 saturated heterocycles. The molecule has 0 amide bonds. The van der Waals surface area contributed by atoms with Crippen LogP contribution in [-0.4, -0.2) is 37.8 Å².